The molecule has 1 atom stereocenters. The number of nitrogens with two attached hydrogens (primary N) is 1. The summed E-state index contributed by atoms with van der Waals surface area (Å²) in [5.41, 5.74) is 6.51. The van der Waals surface area contributed by atoms with Gasteiger partial charge in [-0.25, -0.2) is 0 Å². The van der Waals surface area contributed by atoms with Gasteiger partial charge in [0.1, 0.15) is 5.75 Å². The third-order valence-corrected chi connectivity index (χ3v) is 4.01. The summed E-state index contributed by atoms with van der Waals surface area (Å²) in [6.07, 6.45) is 3.69. The Bertz CT molecular complexity index is 468. The molecule has 0 aliphatic carbocycles. The third-order valence-electron chi connectivity index (χ3n) is 4.01. The number of benzene rings is 1. The van der Waals surface area contributed by atoms with E-state index in [2.05, 4.69) is 16.3 Å². The second-order valence-electron chi connectivity index (χ2n) is 5.36. The standard InChI is InChI=1S/C16H25N3O2.2ClH/c1-21-15-8-4-3-7-13(15)14(12-18-16(20)11-17)19-9-5-2-6-10-19;;/h3-4,7-8,14H,2,5-6,9-12,17H2,1H3,(H,18,20);2*1H. The molecule has 1 amide bonds. The van der Waals surface area contributed by atoms with Crippen molar-refractivity contribution in [3.8, 4) is 5.75 Å². The second-order valence-corrected chi connectivity index (χ2v) is 5.36. The minimum Gasteiger partial charge on any atom is -0.496 e. The van der Waals surface area contributed by atoms with E-state index in [-0.39, 0.29) is 43.3 Å². The van der Waals surface area contributed by atoms with E-state index in [1.165, 1.54) is 19.3 Å². The molecule has 0 radical (unpaired) electrons. The summed E-state index contributed by atoms with van der Waals surface area (Å²) in [6.45, 7) is 2.71. The van der Waals surface area contributed by atoms with Crippen LogP contribution in [0.1, 0.15) is 30.9 Å². The Morgan fingerprint density at radius 2 is 1.91 bits per heavy atom. The summed E-state index contributed by atoms with van der Waals surface area (Å²) in [5, 5.41) is 2.92. The number of nitrogens with one attached hydrogen (secondary N) is 1. The van der Waals surface area contributed by atoms with E-state index in [1.807, 2.05) is 18.2 Å². The lowest BCUT2D eigenvalue weighted by Crippen LogP contribution is -2.42. The molecule has 1 aromatic rings. The first-order valence-corrected chi connectivity index (χ1v) is 7.60. The normalized spacial score (nSPS) is 15.7. The maximum Gasteiger partial charge on any atom is 0.233 e. The highest BCUT2D eigenvalue weighted by Gasteiger charge is 2.25. The van der Waals surface area contributed by atoms with Crippen molar-refractivity contribution >= 4 is 30.7 Å². The van der Waals surface area contributed by atoms with Gasteiger partial charge in [-0.15, -0.1) is 24.8 Å². The molecule has 1 aromatic carbocycles. The Labute approximate surface area is 150 Å². The van der Waals surface area contributed by atoms with Gasteiger partial charge in [-0.05, 0) is 32.0 Å². The summed E-state index contributed by atoms with van der Waals surface area (Å²) in [7, 11) is 1.69. The van der Waals surface area contributed by atoms with Gasteiger partial charge in [-0.3, -0.25) is 9.69 Å². The molecule has 0 spiro atoms. The zero-order valence-electron chi connectivity index (χ0n) is 13.5. The Morgan fingerprint density at radius 1 is 1.26 bits per heavy atom. The van der Waals surface area contributed by atoms with E-state index in [0.29, 0.717) is 6.54 Å². The molecule has 0 saturated carbocycles. The summed E-state index contributed by atoms with van der Waals surface area (Å²) in [4.78, 5) is 13.9. The van der Waals surface area contributed by atoms with Crippen LogP contribution in [0, 0.1) is 0 Å². The summed E-state index contributed by atoms with van der Waals surface area (Å²) < 4.78 is 5.49. The molecule has 132 valence electrons. The number of amides is 1. The predicted molar refractivity (Wildman–Crippen MR) is 97.7 cm³/mol. The molecule has 0 aromatic heterocycles. The number of carbonyl (C=O) groups excluding carboxylic acids is 1. The molecule has 1 heterocycles. The number of para-hydroxylation sites is 1. The zero-order valence-corrected chi connectivity index (χ0v) is 15.1. The number of piperidine rings is 1. The molecule has 5 nitrogen and oxygen atoms in total. The van der Waals surface area contributed by atoms with Crippen molar-refractivity contribution < 1.29 is 9.53 Å². The lowest BCUT2D eigenvalue weighted by molar-refractivity contribution is -0.120. The maximum atomic E-state index is 11.5. The van der Waals surface area contributed by atoms with E-state index in [0.717, 1.165) is 24.4 Å². The van der Waals surface area contributed by atoms with Crippen molar-refractivity contribution in [3.05, 3.63) is 29.8 Å². The first kappa shape index (κ1) is 22.0. The number of methoxy groups -OCH3 is 1. The number of nitrogens with zero attached hydrogens (tertiary/aromatic N) is 1. The average Bonchev–Trinajstić information content (AvgIpc) is 2.56. The fraction of sp³-hybridized carbons (Fsp3) is 0.562. The molecule has 2 rings (SSSR count). The van der Waals surface area contributed by atoms with Crippen LogP contribution in [-0.2, 0) is 4.79 Å². The van der Waals surface area contributed by atoms with E-state index in [1.54, 1.807) is 7.11 Å². The van der Waals surface area contributed by atoms with Gasteiger partial charge < -0.3 is 15.8 Å². The van der Waals surface area contributed by atoms with Crippen LogP contribution in [-0.4, -0.2) is 44.1 Å². The molecular formula is C16H27Cl2N3O2. The Kier molecular flexibility index (Phi) is 11.0. The smallest absolute Gasteiger partial charge is 0.233 e. The molecule has 1 unspecified atom stereocenters. The van der Waals surface area contributed by atoms with E-state index in [4.69, 9.17) is 10.5 Å². The monoisotopic (exact) mass is 363 g/mol. The van der Waals surface area contributed by atoms with Crippen LogP contribution in [0.25, 0.3) is 0 Å². The minimum atomic E-state index is -0.119. The number of rotatable bonds is 6. The van der Waals surface area contributed by atoms with E-state index in [9.17, 15) is 4.79 Å². The van der Waals surface area contributed by atoms with Crippen LogP contribution < -0.4 is 15.8 Å². The fourth-order valence-electron chi connectivity index (χ4n) is 2.89. The lowest BCUT2D eigenvalue weighted by atomic mass is 10.0. The second kappa shape index (κ2) is 11.5. The highest BCUT2D eigenvalue weighted by atomic mass is 35.5. The zero-order chi connectivity index (χ0) is 15.1. The van der Waals surface area contributed by atoms with Gasteiger partial charge in [0.25, 0.3) is 0 Å². The molecule has 7 heteroatoms. The number of ether oxygens (including phenoxy) is 1. The minimum absolute atomic E-state index is 0. The summed E-state index contributed by atoms with van der Waals surface area (Å²) in [5.74, 6) is 0.752. The fourth-order valence-corrected chi connectivity index (χ4v) is 2.89. The Morgan fingerprint density at radius 3 is 2.52 bits per heavy atom. The van der Waals surface area contributed by atoms with Crippen molar-refractivity contribution in [2.45, 2.75) is 25.3 Å². The molecule has 0 bridgehead atoms. The Hall–Kier alpha value is -1.01. The van der Waals surface area contributed by atoms with Crippen LogP contribution in [0.4, 0.5) is 0 Å². The molecular weight excluding hydrogens is 337 g/mol. The summed E-state index contributed by atoms with van der Waals surface area (Å²) in [6, 6.07) is 8.16. The van der Waals surface area contributed by atoms with Gasteiger partial charge in [0.2, 0.25) is 5.91 Å². The largest absolute Gasteiger partial charge is 0.496 e. The lowest BCUT2D eigenvalue weighted by Gasteiger charge is -2.35. The van der Waals surface area contributed by atoms with Gasteiger partial charge in [-0.2, -0.15) is 0 Å². The van der Waals surface area contributed by atoms with Crippen LogP contribution >= 0.6 is 24.8 Å². The molecule has 1 fully saturated rings. The van der Waals surface area contributed by atoms with Crippen LogP contribution in [0.3, 0.4) is 0 Å². The van der Waals surface area contributed by atoms with Gasteiger partial charge in [0, 0.05) is 12.1 Å². The Balaban J connectivity index is 0.00000242. The average molecular weight is 364 g/mol. The molecule has 23 heavy (non-hydrogen) atoms. The van der Waals surface area contributed by atoms with Crippen molar-refractivity contribution in [2.24, 2.45) is 5.73 Å². The van der Waals surface area contributed by atoms with E-state index < -0.39 is 0 Å². The topological polar surface area (TPSA) is 67.6 Å². The number of hydrogen-bond acceptors (Lipinski definition) is 4. The third kappa shape index (κ3) is 6.18. The molecule has 1 saturated heterocycles. The number of hydrogen-bond donors (Lipinski definition) is 2. The first-order chi connectivity index (χ1) is 10.3. The van der Waals surface area contributed by atoms with Crippen LogP contribution in [0.2, 0.25) is 0 Å². The van der Waals surface area contributed by atoms with Crippen molar-refractivity contribution in [1.29, 1.82) is 0 Å². The van der Waals surface area contributed by atoms with Gasteiger partial charge in [-0.1, -0.05) is 24.6 Å². The quantitative estimate of drug-likeness (QED) is 0.812. The predicted octanol–water partition coefficient (Wildman–Crippen LogP) is 2.14. The van der Waals surface area contributed by atoms with Gasteiger partial charge >= 0.3 is 0 Å². The van der Waals surface area contributed by atoms with Crippen molar-refractivity contribution in [1.82, 2.24) is 10.2 Å². The van der Waals surface area contributed by atoms with Gasteiger partial charge in [0.05, 0.1) is 19.7 Å². The number of likely N-dealkylation sites (tertiary alicyclic amines) is 1. The molecule has 1 aliphatic rings. The molecule has 1 aliphatic heterocycles. The van der Waals surface area contributed by atoms with Gasteiger partial charge in [0.15, 0.2) is 0 Å². The molecule has 3 N–H and O–H groups in total. The highest BCUT2D eigenvalue weighted by molar-refractivity contribution is 5.85. The van der Waals surface area contributed by atoms with Crippen molar-refractivity contribution in [3.63, 3.8) is 0 Å². The van der Waals surface area contributed by atoms with Crippen LogP contribution in [0.15, 0.2) is 24.3 Å². The summed E-state index contributed by atoms with van der Waals surface area (Å²) >= 11 is 0. The van der Waals surface area contributed by atoms with Crippen molar-refractivity contribution in [2.75, 3.05) is 33.3 Å². The SMILES string of the molecule is COc1ccccc1C(CNC(=O)CN)N1CCCCC1.Cl.Cl. The highest BCUT2D eigenvalue weighted by Crippen LogP contribution is 2.30. The van der Waals surface area contributed by atoms with E-state index >= 15 is 0 Å². The maximum absolute atomic E-state index is 11.5. The number of halogens is 2. The van der Waals surface area contributed by atoms with Crippen LogP contribution in [0.5, 0.6) is 5.75 Å². The number of carbonyl (C=O) groups is 1. The first-order valence-electron chi connectivity index (χ1n) is 7.60.